The van der Waals surface area contributed by atoms with Crippen LogP contribution >= 0.6 is 11.8 Å². The molecule has 0 aliphatic heterocycles. The van der Waals surface area contributed by atoms with E-state index in [1.807, 2.05) is 67.1 Å². The van der Waals surface area contributed by atoms with Crippen LogP contribution in [0.4, 0.5) is 0 Å². The number of hydrogen-bond donors (Lipinski definition) is 1. The Balaban J connectivity index is 1.60. The average Bonchev–Trinajstić information content (AvgIpc) is 2.96. The van der Waals surface area contributed by atoms with Crippen LogP contribution in [-0.2, 0) is 18.4 Å². The maximum Gasteiger partial charge on any atom is 0.233 e. The van der Waals surface area contributed by atoms with Crippen LogP contribution in [-0.4, -0.2) is 27.8 Å². The fourth-order valence-corrected chi connectivity index (χ4v) is 3.43. The highest BCUT2D eigenvalue weighted by Gasteiger charge is 2.18. The molecule has 0 radical (unpaired) electrons. The number of thioether (sulfide) groups is 1. The summed E-state index contributed by atoms with van der Waals surface area (Å²) in [5.41, 5.74) is 3.04. The van der Waals surface area contributed by atoms with E-state index in [9.17, 15) is 4.79 Å². The lowest BCUT2D eigenvalue weighted by atomic mass is 10.2. The van der Waals surface area contributed by atoms with Crippen LogP contribution in [0.3, 0.4) is 0 Å². The molecule has 0 spiro atoms. The molecule has 0 fully saturated rings. The molecule has 25 heavy (non-hydrogen) atoms. The number of para-hydroxylation sites is 2. The van der Waals surface area contributed by atoms with Crippen LogP contribution in [0.25, 0.3) is 11.0 Å². The van der Waals surface area contributed by atoms with Gasteiger partial charge in [-0.05, 0) is 36.8 Å². The summed E-state index contributed by atoms with van der Waals surface area (Å²) in [5.74, 6) is 0.800. The van der Waals surface area contributed by atoms with Crippen molar-refractivity contribution in [3.63, 3.8) is 0 Å². The van der Waals surface area contributed by atoms with Gasteiger partial charge in [-0.2, -0.15) is 0 Å². The van der Waals surface area contributed by atoms with E-state index in [-0.39, 0.29) is 11.2 Å². The second-order valence-electron chi connectivity index (χ2n) is 5.77. The highest BCUT2D eigenvalue weighted by atomic mass is 32.2. The maximum absolute atomic E-state index is 12.4. The van der Waals surface area contributed by atoms with Crippen molar-refractivity contribution in [1.82, 2.24) is 14.9 Å². The summed E-state index contributed by atoms with van der Waals surface area (Å²) in [6.07, 6.45) is 0. The molecule has 1 N–H and O–H groups in total. The molecular formula is C19H21N3O2S. The molecule has 1 heterocycles. The van der Waals surface area contributed by atoms with Crippen molar-refractivity contribution in [1.29, 1.82) is 0 Å². The lowest BCUT2D eigenvalue weighted by Gasteiger charge is -2.12. The number of hydrogen-bond acceptors (Lipinski definition) is 4. The predicted octanol–water partition coefficient (Wildman–Crippen LogP) is 3.38. The number of imidazole rings is 1. The number of carbonyl (C=O) groups excluding carboxylic acids is 1. The third-order valence-corrected chi connectivity index (χ3v) is 5.17. The molecule has 130 valence electrons. The summed E-state index contributed by atoms with van der Waals surface area (Å²) in [6.45, 7) is 2.39. The third-order valence-electron chi connectivity index (χ3n) is 4.02. The predicted molar refractivity (Wildman–Crippen MR) is 101 cm³/mol. The van der Waals surface area contributed by atoms with Crippen LogP contribution in [0.1, 0.15) is 12.5 Å². The Morgan fingerprint density at radius 1 is 1.24 bits per heavy atom. The van der Waals surface area contributed by atoms with Crippen LogP contribution in [0.2, 0.25) is 0 Å². The highest BCUT2D eigenvalue weighted by molar-refractivity contribution is 8.00. The van der Waals surface area contributed by atoms with Gasteiger partial charge in [0, 0.05) is 13.6 Å². The maximum atomic E-state index is 12.4. The zero-order valence-electron chi connectivity index (χ0n) is 14.5. The van der Waals surface area contributed by atoms with E-state index in [4.69, 9.17) is 4.74 Å². The Morgan fingerprint density at radius 2 is 1.96 bits per heavy atom. The number of aryl methyl sites for hydroxylation is 1. The van der Waals surface area contributed by atoms with Crippen molar-refractivity contribution >= 4 is 28.7 Å². The second kappa shape index (κ2) is 7.61. The average molecular weight is 355 g/mol. The molecule has 0 saturated carbocycles. The van der Waals surface area contributed by atoms with Gasteiger partial charge >= 0.3 is 0 Å². The molecule has 0 aliphatic rings. The third kappa shape index (κ3) is 3.96. The minimum absolute atomic E-state index is 0.00660. The van der Waals surface area contributed by atoms with Gasteiger partial charge in [0.15, 0.2) is 5.16 Å². The van der Waals surface area contributed by atoms with Gasteiger partial charge in [0.05, 0.1) is 23.4 Å². The number of carbonyl (C=O) groups is 1. The van der Waals surface area contributed by atoms with E-state index in [0.717, 1.165) is 27.5 Å². The number of ether oxygens (including phenoxy) is 1. The van der Waals surface area contributed by atoms with Gasteiger partial charge in [0.2, 0.25) is 5.91 Å². The normalized spacial score (nSPS) is 12.1. The minimum Gasteiger partial charge on any atom is -0.497 e. The molecule has 0 bridgehead atoms. The molecule has 1 aromatic heterocycles. The van der Waals surface area contributed by atoms with Crippen molar-refractivity contribution in [2.45, 2.75) is 23.9 Å². The Kier molecular flexibility index (Phi) is 5.28. The fraction of sp³-hybridized carbons (Fsp3) is 0.263. The number of rotatable bonds is 6. The molecule has 3 aromatic rings. The van der Waals surface area contributed by atoms with Gasteiger partial charge in [-0.1, -0.05) is 36.0 Å². The minimum atomic E-state index is -0.228. The van der Waals surface area contributed by atoms with E-state index < -0.39 is 0 Å². The Bertz CT molecular complexity index is 874. The van der Waals surface area contributed by atoms with E-state index in [1.165, 1.54) is 11.8 Å². The molecule has 2 aromatic carbocycles. The van der Waals surface area contributed by atoms with Crippen molar-refractivity contribution in [3.05, 3.63) is 54.1 Å². The summed E-state index contributed by atoms with van der Waals surface area (Å²) < 4.78 is 7.16. The van der Waals surface area contributed by atoms with E-state index in [1.54, 1.807) is 7.11 Å². The van der Waals surface area contributed by atoms with E-state index in [0.29, 0.717) is 6.54 Å². The first-order valence-electron chi connectivity index (χ1n) is 8.07. The largest absolute Gasteiger partial charge is 0.497 e. The molecule has 1 unspecified atom stereocenters. The second-order valence-corrected chi connectivity index (χ2v) is 7.08. The number of methoxy groups -OCH3 is 1. The van der Waals surface area contributed by atoms with Crippen LogP contribution < -0.4 is 10.1 Å². The number of benzene rings is 2. The number of amides is 1. The first kappa shape index (κ1) is 17.4. The lowest BCUT2D eigenvalue weighted by Crippen LogP contribution is -2.30. The summed E-state index contributed by atoms with van der Waals surface area (Å²) in [7, 11) is 3.61. The van der Waals surface area contributed by atoms with Crippen LogP contribution in [0.5, 0.6) is 5.75 Å². The van der Waals surface area contributed by atoms with Crippen molar-refractivity contribution < 1.29 is 9.53 Å². The molecule has 5 nitrogen and oxygen atoms in total. The zero-order valence-corrected chi connectivity index (χ0v) is 15.3. The zero-order chi connectivity index (χ0) is 17.8. The first-order chi connectivity index (χ1) is 12.1. The standard InChI is InChI=1S/C19H21N3O2S/c1-13(18(23)20-12-14-8-10-15(24-3)11-9-14)25-19-21-16-6-4-5-7-17(16)22(19)2/h4-11,13H,12H2,1-3H3,(H,20,23). The SMILES string of the molecule is COc1ccc(CNC(=O)C(C)Sc2nc3ccccc3n2C)cc1. The molecule has 1 amide bonds. The van der Waals surface area contributed by atoms with Gasteiger partial charge in [0.1, 0.15) is 5.75 Å². The van der Waals surface area contributed by atoms with Crippen molar-refractivity contribution in [3.8, 4) is 5.75 Å². The molecule has 0 aliphatic carbocycles. The number of nitrogens with zero attached hydrogens (tertiary/aromatic N) is 2. The van der Waals surface area contributed by atoms with Gasteiger partial charge in [0.25, 0.3) is 0 Å². The van der Waals surface area contributed by atoms with Crippen LogP contribution in [0.15, 0.2) is 53.7 Å². The van der Waals surface area contributed by atoms with Crippen molar-refractivity contribution in [2.75, 3.05) is 7.11 Å². The smallest absolute Gasteiger partial charge is 0.233 e. The Labute approximate surface area is 151 Å². The first-order valence-corrected chi connectivity index (χ1v) is 8.95. The van der Waals surface area contributed by atoms with Gasteiger partial charge < -0.3 is 14.6 Å². The van der Waals surface area contributed by atoms with Gasteiger partial charge in [-0.3, -0.25) is 4.79 Å². The monoisotopic (exact) mass is 355 g/mol. The molecule has 0 saturated heterocycles. The van der Waals surface area contributed by atoms with Crippen molar-refractivity contribution in [2.24, 2.45) is 7.05 Å². The lowest BCUT2D eigenvalue weighted by molar-refractivity contribution is -0.120. The molecule has 1 atom stereocenters. The van der Waals surface area contributed by atoms with E-state index >= 15 is 0 Å². The van der Waals surface area contributed by atoms with Gasteiger partial charge in [-0.15, -0.1) is 0 Å². The van der Waals surface area contributed by atoms with Gasteiger partial charge in [-0.25, -0.2) is 4.98 Å². The topological polar surface area (TPSA) is 56.1 Å². The molecule has 3 rings (SSSR count). The molecule has 6 heteroatoms. The summed E-state index contributed by atoms with van der Waals surface area (Å²) >= 11 is 1.47. The van der Waals surface area contributed by atoms with Crippen LogP contribution in [0, 0.1) is 0 Å². The van der Waals surface area contributed by atoms with E-state index in [2.05, 4.69) is 10.3 Å². The summed E-state index contributed by atoms with van der Waals surface area (Å²) in [5, 5.41) is 3.59. The Morgan fingerprint density at radius 3 is 2.64 bits per heavy atom. The molecular weight excluding hydrogens is 334 g/mol. The highest BCUT2D eigenvalue weighted by Crippen LogP contribution is 2.26. The number of fused-ring (bicyclic) bond motifs is 1. The number of nitrogens with one attached hydrogen (secondary N) is 1. The fourth-order valence-electron chi connectivity index (χ4n) is 2.52. The number of aromatic nitrogens is 2. The summed E-state index contributed by atoms with van der Waals surface area (Å²) in [6, 6.07) is 15.6. The Hall–Kier alpha value is -2.47. The quantitative estimate of drug-likeness (QED) is 0.689. The summed E-state index contributed by atoms with van der Waals surface area (Å²) in [4.78, 5) is 17.0.